The molecule has 2 atom stereocenters. The molecule has 0 aliphatic carbocycles. The number of amides is 3. The molecule has 0 spiro atoms. The number of alkyl halides is 3. The fourth-order valence-corrected chi connectivity index (χ4v) is 5.96. The van der Waals surface area contributed by atoms with E-state index < -0.39 is 35.5 Å². The fourth-order valence-electron chi connectivity index (χ4n) is 5.96. The molecule has 2 fully saturated rings. The number of likely N-dealkylation sites (N-methyl/N-ethyl adjacent to an activating group) is 2. The van der Waals surface area contributed by atoms with Gasteiger partial charge in [-0.05, 0) is 44.7 Å². The van der Waals surface area contributed by atoms with Gasteiger partial charge in [0.25, 0.3) is 0 Å². The van der Waals surface area contributed by atoms with E-state index in [-0.39, 0.29) is 36.9 Å². The average Bonchev–Trinajstić information content (AvgIpc) is 3.21. The SMILES string of the molecule is Cc1cc(C(F)(F)F)cc(N2C(=O)CC3CN(CC(=O)N4CCN(C)CC4)c4c(C)cccc4N(C)C(=O)[C@H]32)n1. The molecule has 0 radical (unpaired) electrons. The van der Waals surface area contributed by atoms with Gasteiger partial charge in [-0.3, -0.25) is 19.3 Å². The second-order valence-corrected chi connectivity index (χ2v) is 10.9. The molecule has 1 aromatic heterocycles. The molecule has 5 rings (SSSR count). The minimum Gasteiger partial charge on any atom is -0.360 e. The summed E-state index contributed by atoms with van der Waals surface area (Å²) in [7, 11) is 3.60. The Morgan fingerprint density at radius 1 is 1.05 bits per heavy atom. The molecule has 214 valence electrons. The number of carbonyl (C=O) groups excluding carboxylic acids is 3. The second-order valence-electron chi connectivity index (χ2n) is 10.9. The highest BCUT2D eigenvalue weighted by molar-refractivity contribution is 6.10. The average molecular weight is 559 g/mol. The number of anilines is 3. The van der Waals surface area contributed by atoms with Crippen molar-refractivity contribution in [2.45, 2.75) is 32.5 Å². The van der Waals surface area contributed by atoms with Gasteiger partial charge in [0.1, 0.15) is 11.9 Å². The number of fused-ring (bicyclic) bond motifs is 2. The van der Waals surface area contributed by atoms with Crippen molar-refractivity contribution in [1.82, 2.24) is 14.8 Å². The number of aryl methyl sites for hydroxylation is 2. The third kappa shape index (κ3) is 5.12. The minimum absolute atomic E-state index is 0.0512. The van der Waals surface area contributed by atoms with Crippen molar-refractivity contribution in [3.63, 3.8) is 0 Å². The van der Waals surface area contributed by atoms with Crippen molar-refractivity contribution < 1.29 is 27.6 Å². The predicted octanol–water partition coefficient (Wildman–Crippen LogP) is 2.70. The Bertz CT molecular complexity index is 1340. The summed E-state index contributed by atoms with van der Waals surface area (Å²) in [5.74, 6) is -1.70. The Morgan fingerprint density at radius 3 is 2.42 bits per heavy atom. The van der Waals surface area contributed by atoms with Crippen molar-refractivity contribution in [2.24, 2.45) is 5.92 Å². The highest BCUT2D eigenvalue weighted by Gasteiger charge is 2.49. The maximum Gasteiger partial charge on any atom is 0.416 e. The largest absolute Gasteiger partial charge is 0.416 e. The smallest absolute Gasteiger partial charge is 0.360 e. The minimum atomic E-state index is -4.64. The summed E-state index contributed by atoms with van der Waals surface area (Å²) in [6, 6.07) is 6.17. The molecule has 12 heteroatoms. The first-order valence-corrected chi connectivity index (χ1v) is 13.3. The van der Waals surface area contributed by atoms with Crippen LogP contribution >= 0.6 is 0 Å². The molecule has 3 amide bonds. The van der Waals surface area contributed by atoms with Crippen molar-refractivity contribution in [1.29, 1.82) is 0 Å². The van der Waals surface area contributed by atoms with Gasteiger partial charge in [0.05, 0.1) is 23.5 Å². The van der Waals surface area contributed by atoms with Gasteiger partial charge in [0, 0.05) is 57.8 Å². The summed E-state index contributed by atoms with van der Waals surface area (Å²) in [6.45, 7) is 6.37. The number of pyridine rings is 1. The molecule has 2 aromatic rings. The summed E-state index contributed by atoms with van der Waals surface area (Å²) >= 11 is 0. The number of piperazine rings is 1. The van der Waals surface area contributed by atoms with E-state index in [1.807, 2.05) is 35.9 Å². The lowest BCUT2D eigenvalue weighted by Crippen LogP contribution is -2.54. The van der Waals surface area contributed by atoms with Crippen LogP contribution in [0.2, 0.25) is 0 Å². The molecular formula is C28H33F3N6O3. The van der Waals surface area contributed by atoms with E-state index in [1.54, 1.807) is 13.1 Å². The highest BCUT2D eigenvalue weighted by atomic mass is 19.4. The number of nitrogens with zero attached hydrogens (tertiary/aromatic N) is 6. The monoisotopic (exact) mass is 558 g/mol. The normalized spacial score (nSPS) is 22.3. The first kappa shape index (κ1) is 27.9. The number of rotatable bonds is 3. The van der Waals surface area contributed by atoms with E-state index in [9.17, 15) is 27.6 Å². The number of hydrogen-bond donors (Lipinski definition) is 0. The lowest BCUT2D eigenvalue weighted by atomic mass is 9.95. The second kappa shape index (κ2) is 10.4. The maximum absolute atomic E-state index is 13.9. The van der Waals surface area contributed by atoms with Gasteiger partial charge in [-0.25, -0.2) is 4.98 Å². The molecule has 4 heterocycles. The van der Waals surface area contributed by atoms with Crippen LogP contribution in [-0.4, -0.2) is 91.9 Å². The number of halogens is 3. The summed E-state index contributed by atoms with van der Waals surface area (Å²) in [4.78, 5) is 53.5. The van der Waals surface area contributed by atoms with Crippen LogP contribution in [0.4, 0.5) is 30.4 Å². The van der Waals surface area contributed by atoms with Gasteiger partial charge in [-0.15, -0.1) is 0 Å². The number of para-hydroxylation sites is 1. The van der Waals surface area contributed by atoms with Crippen molar-refractivity contribution in [3.8, 4) is 0 Å². The van der Waals surface area contributed by atoms with E-state index in [0.29, 0.717) is 18.8 Å². The highest BCUT2D eigenvalue weighted by Crippen LogP contribution is 2.41. The lowest BCUT2D eigenvalue weighted by Gasteiger charge is -2.40. The van der Waals surface area contributed by atoms with Gasteiger partial charge in [0.2, 0.25) is 17.7 Å². The third-order valence-electron chi connectivity index (χ3n) is 8.06. The summed E-state index contributed by atoms with van der Waals surface area (Å²) in [5.41, 5.74) is 1.34. The number of benzene rings is 1. The van der Waals surface area contributed by atoms with E-state index in [4.69, 9.17) is 0 Å². The molecule has 0 saturated carbocycles. The van der Waals surface area contributed by atoms with Crippen LogP contribution in [0.1, 0.15) is 23.2 Å². The molecule has 0 bridgehead atoms. The van der Waals surface area contributed by atoms with Crippen LogP contribution in [0.5, 0.6) is 0 Å². The van der Waals surface area contributed by atoms with E-state index in [0.717, 1.165) is 41.4 Å². The Balaban J connectivity index is 1.54. The molecule has 9 nitrogen and oxygen atoms in total. The standard InChI is InChI=1S/C28H33F3N6O3/c1-17-6-5-7-21-25(17)36(16-24(39)35-10-8-33(3)9-11-35)15-19-13-23(38)37(26(19)27(40)34(21)4)22-14-20(28(29,30)31)12-18(2)32-22/h5-7,12,14,19,26H,8-11,13,15-16H2,1-4H3/t19?,26-/m0/s1. The van der Waals surface area contributed by atoms with Crippen LogP contribution < -0.4 is 14.7 Å². The van der Waals surface area contributed by atoms with Crippen LogP contribution in [0.15, 0.2) is 30.3 Å². The van der Waals surface area contributed by atoms with Gasteiger partial charge < -0.3 is 19.6 Å². The zero-order chi connectivity index (χ0) is 28.9. The van der Waals surface area contributed by atoms with Crippen LogP contribution in [0, 0.1) is 19.8 Å². The first-order chi connectivity index (χ1) is 18.8. The third-order valence-corrected chi connectivity index (χ3v) is 8.06. The molecule has 3 aliphatic rings. The van der Waals surface area contributed by atoms with Crippen molar-refractivity contribution in [2.75, 3.05) is 68.1 Å². The van der Waals surface area contributed by atoms with Crippen LogP contribution in [0.25, 0.3) is 0 Å². The molecule has 1 unspecified atom stereocenters. The topological polar surface area (TPSA) is 80.3 Å². The quantitative estimate of drug-likeness (QED) is 0.577. The number of carbonyl (C=O) groups is 3. The fraction of sp³-hybridized carbons (Fsp3) is 0.500. The molecule has 1 aromatic carbocycles. The van der Waals surface area contributed by atoms with Crippen LogP contribution in [-0.2, 0) is 20.6 Å². The number of hydrogen-bond acceptors (Lipinski definition) is 6. The predicted molar refractivity (Wildman–Crippen MR) is 144 cm³/mol. The Labute approximate surface area is 231 Å². The number of aromatic nitrogens is 1. The van der Waals surface area contributed by atoms with Crippen molar-refractivity contribution >= 4 is 34.9 Å². The summed E-state index contributed by atoms with van der Waals surface area (Å²) < 4.78 is 40.9. The first-order valence-electron chi connectivity index (χ1n) is 13.3. The van der Waals surface area contributed by atoms with E-state index in [1.165, 1.54) is 11.8 Å². The van der Waals surface area contributed by atoms with E-state index in [2.05, 4.69) is 9.88 Å². The van der Waals surface area contributed by atoms with Crippen LogP contribution in [0.3, 0.4) is 0 Å². The van der Waals surface area contributed by atoms with E-state index >= 15 is 0 Å². The lowest BCUT2D eigenvalue weighted by molar-refractivity contribution is -0.137. The zero-order valence-electron chi connectivity index (χ0n) is 23.0. The Kier molecular flexibility index (Phi) is 7.24. The molecule has 40 heavy (non-hydrogen) atoms. The summed E-state index contributed by atoms with van der Waals surface area (Å²) in [5, 5.41) is 0. The van der Waals surface area contributed by atoms with Gasteiger partial charge >= 0.3 is 6.18 Å². The Hall–Kier alpha value is -3.67. The zero-order valence-corrected chi connectivity index (χ0v) is 23.0. The molecule has 2 saturated heterocycles. The van der Waals surface area contributed by atoms with Gasteiger partial charge in [0.15, 0.2) is 0 Å². The Morgan fingerprint density at radius 2 is 1.75 bits per heavy atom. The molecule has 3 aliphatic heterocycles. The maximum atomic E-state index is 13.9. The van der Waals surface area contributed by atoms with Gasteiger partial charge in [-0.1, -0.05) is 12.1 Å². The van der Waals surface area contributed by atoms with Crippen molar-refractivity contribution in [3.05, 3.63) is 47.2 Å². The molecule has 0 N–H and O–H groups in total. The summed E-state index contributed by atoms with van der Waals surface area (Å²) in [6.07, 6.45) is -4.69. The molecular weight excluding hydrogens is 525 g/mol. The van der Waals surface area contributed by atoms with Gasteiger partial charge in [-0.2, -0.15) is 13.2 Å².